The first-order chi connectivity index (χ1) is 9.62. The number of ether oxygens (including phenoxy) is 2. The average Bonchev–Trinajstić information content (AvgIpc) is 2.93. The van der Waals surface area contributed by atoms with Gasteiger partial charge in [0.05, 0.1) is 18.7 Å². The number of aromatic nitrogens is 2. The van der Waals surface area contributed by atoms with Gasteiger partial charge in [-0.25, -0.2) is 0 Å². The molecule has 104 valence electrons. The lowest BCUT2D eigenvalue weighted by Crippen LogP contribution is -1.98. The Morgan fingerprint density at radius 3 is 2.65 bits per heavy atom. The number of methoxy groups -OCH3 is 1. The molecule has 0 saturated carbocycles. The lowest BCUT2D eigenvalue weighted by molar-refractivity contribution is 0.241. The minimum Gasteiger partial charge on any atom is -0.497 e. The van der Waals surface area contributed by atoms with Crippen molar-refractivity contribution in [1.82, 2.24) is 10.1 Å². The van der Waals surface area contributed by atoms with E-state index in [2.05, 4.69) is 10.1 Å². The van der Waals surface area contributed by atoms with Crippen LogP contribution in [0.5, 0.6) is 11.5 Å². The Morgan fingerprint density at radius 1 is 1.30 bits per heavy atom. The third kappa shape index (κ3) is 3.26. The van der Waals surface area contributed by atoms with E-state index in [-0.39, 0.29) is 12.5 Å². The summed E-state index contributed by atoms with van der Waals surface area (Å²) in [5, 5.41) is 12.8. The highest BCUT2D eigenvalue weighted by molar-refractivity contribution is 5.43. The van der Waals surface area contributed by atoms with E-state index >= 15 is 0 Å². The van der Waals surface area contributed by atoms with Gasteiger partial charge in [-0.1, -0.05) is 19.0 Å². The molecule has 0 aliphatic heterocycles. The van der Waals surface area contributed by atoms with Crippen molar-refractivity contribution >= 4 is 0 Å². The molecule has 1 heterocycles. The first-order valence-corrected chi connectivity index (χ1v) is 6.17. The minimum atomic E-state index is 0.151. The normalized spacial score (nSPS) is 10.3. The van der Waals surface area contributed by atoms with E-state index in [1.54, 1.807) is 18.2 Å². The SMILES string of the molecule is COc1cc(C#N)cc(OCc2nc(C(C)C)no2)c1. The van der Waals surface area contributed by atoms with Crippen molar-refractivity contribution in [3.05, 3.63) is 35.5 Å². The molecule has 20 heavy (non-hydrogen) atoms. The monoisotopic (exact) mass is 273 g/mol. The predicted molar refractivity (Wildman–Crippen MR) is 70.4 cm³/mol. The van der Waals surface area contributed by atoms with Crippen LogP contribution >= 0.6 is 0 Å². The Balaban J connectivity index is 2.08. The highest BCUT2D eigenvalue weighted by atomic mass is 16.5. The molecule has 0 spiro atoms. The summed E-state index contributed by atoms with van der Waals surface area (Å²) < 4.78 is 15.7. The largest absolute Gasteiger partial charge is 0.497 e. The highest BCUT2D eigenvalue weighted by Gasteiger charge is 2.10. The van der Waals surface area contributed by atoms with Gasteiger partial charge in [0.25, 0.3) is 5.89 Å². The van der Waals surface area contributed by atoms with Gasteiger partial charge in [-0.3, -0.25) is 0 Å². The smallest absolute Gasteiger partial charge is 0.264 e. The van der Waals surface area contributed by atoms with E-state index in [1.807, 2.05) is 19.9 Å². The lowest BCUT2D eigenvalue weighted by atomic mass is 10.2. The molecule has 2 rings (SSSR count). The van der Waals surface area contributed by atoms with Gasteiger partial charge in [0, 0.05) is 12.0 Å². The van der Waals surface area contributed by atoms with Gasteiger partial charge in [0.15, 0.2) is 12.4 Å². The molecule has 0 radical (unpaired) electrons. The first kappa shape index (κ1) is 13.9. The van der Waals surface area contributed by atoms with E-state index in [0.29, 0.717) is 28.8 Å². The third-order valence-corrected chi connectivity index (χ3v) is 2.61. The number of rotatable bonds is 5. The first-order valence-electron chi connectivity index (χ1n) is 6.17. The molecule has 0 saturated heterocycles. The summed E-state index contributed by atoms with van der Waals surface area (Å²) in [6.07, 6.45) is 0. The molecule has 0 bridgehead atoms. The molecule has 0 fully saturated rings. The molecular weight excluding hydrogens is 258 g/mol. The molecule has 0 aliphatic carbocycles. The number of hydrogen-bond acceptors (Lipinski definition) is 6. The fraction of sp³-hybridized carbons (Fsp3) is 0.357. The summed E-state index contributed by atoms with van der Waals surface area (Å²) >= 11 is 0. The van der Waals surface area contributed by atoms with E-state index in [9.17, 15) is 0 Å². The van der Waals surface area contributed by atoms with Crippen molar-refractivity contribution in [3.8, 4) is 17.6 Å². The maximum atomic E-state index is 8.93. The number of benzene rings is 1. The summed E-state index contributed by atoms with van der Waals surface area (Å²) in [7, 11) is 1.53. The summed E-state index contributed by atoms with van der Waals surface area (Å²) in [6, 6.07) is 7.01. The standard InChI is InChI=1S/C14H15N3O3/c1-9(2)14-16-13(20-17-14)8-19-12-5-10(7-15)4-11(6-12)18-3/h4-6,9H,8H2,1-3H3. The molecule has 0 unspecified atom stereocenters. The summed E-state index contributed by atoms with van der Waals surface area (Å²) in [5.74, 6) is 2.33. The van der Waals surface area contributed by atoms with Gasteiger partial charge in [-0.05, 0) is 12.1 Å². The van der Waals surface area contributed by atoms with Crippen LogP contribution < -0.4 is 9.47 Å². The van der Waals surface area contributed by atoms with Crippen LogP contribution in [0, 0.1) is 11.3 Å². The highest BCUT2D eigenvalue weighted by Crippen LogP contribution is 2.23. The third-order valence-electron chi connectivity index (χ3n) is 2.61. The van der Waals surface area contributed by atoms with E-state index in [0.717, 1.165) is 0 Å². The van der Waals surface area contributed by atoms with Crippen molar-refractivity contribution in [2.75, 3.05) is 7.11 Å². The van der Waals surface area contributed by atoms with Crippen LogP contribution in [0.25, 0.3) is 0 Å². The van der Waals surface area contributed by atoms with Crippen molar-refractivity contribution in [3.63, 3.8) is 0 Å². The van der Waals surface area contributed by atoms with Crippen LogP contribution in [0.3, 0.4) is 0 Å². The molecule has 0 aliphatic rings. The van der Waals surface area contributed by atoms with Crippen LogP contribution in [0.2, 0.25) is 0 Å². The van der Waals surface area contributed by atoms with Crippen LogP contribution in [0.15, 0.2) is 22.7 Å². The molecule has 0 amide bonds. The average molecular weight is 273 g/mol. The molecule has 1 aromatic heterocycles. The molecule has 6 nitrogen and oxygen atoms in total. The number of nitriles is 1. The molecule has 1 aromatic carbocycles. The second-order valence-corrected chi connectivity index (χ2v) is 4.50. The fourth-order valence-electron chi connectivity index (χ4n) is 1.54. The topological polar surface area (TPSA) is 81.2 Å². The maximum Gasteiger partial charge on any atom is 0.264 e. The van der Waals surface area contributed by atoms with Crippen LogP contribution in [0.4, 0.5) is 0 Å². The quantitative estimate of drug-likeness (QED) is 0.833. The van der Waals surface area contributed by atoms with Gasteiger partial charge in [-0.2, -0.15) is 10.2 Å². The second kappa shape index (κ2) is 6.06. The van der Waals surface area contributed by atoms with E-state index in [1.165, 1.54) is 7.11 Å². The molecule has 0 N–H and O–H groups in total. The van der Waals surface area contributed by atoms with Crippen LogP contribution in [0.1, 0.15) is 37.0 Å². The van der Waals surface area contributed by atoms with E-state index < -0.39 is 0 Å². The maximum absolute atomic E-state index is 8.93. The summed E-state index contributed by atoms with van der Waals surface area (Å²) in [6.45, 7) is 4.12. The van der Waals surface area contributed by atoms with Crippen molar-refractivity contribution in [2.24, 2.45) is 0 Å². The Hall–Kier alpha value is -2.55. The van der Waals surface area contributed by atoms with Crippen molar-refractivity contribution in [2.45, 2.75) is 26.4 Å². The number of hydrogen-bond donors (Lipinski definition) is 0. The number of nitrogens with zero attached hydrogens (tertiary/aromatic N) is 3. The Labute approximate surface area is 116 Å². The zero-order chi connectivity index (χ0) is 14.5. The van der Waals surface area contributed by atoms with Crippen molar-refractivity contribution in [1.29, 1.82) is 5.26 Å². The summed E-state index contributed by atoms with van der Waals surface area (Å²) in [5.41, 5.74) is 0.466. The summed E-state index contributed by atoms with van der Waals surface area (Å²) in [4.78, 5) is 4.21. The van der Waals surface area contributed by atoms with E-state index in [4.69, 9.17) is 19.3 Å². The molecule has 2 aromatic rings. The molecule has 6 heteroatoms. The predicted octanol–water partition coefficient (Wildman–Crippen LogP) is 2.65. The van der Waals surface area contributed by atoms with Crippen LogP contribution in [-0.4, -0.2) is 17.3 Å². The van der Waals surface area contributed by atoms with Crippen molar-refractivity contribution < 1.29 is 14.0 Å². The Bertz CT molecular complexity index is 629. The van der Waals surface area contributed by atoms with Gasteiger partial charge in [0.1, 0.15) is 11.5 Å². The lowest BCUT2D eigenvalue weighted by Gasteiger charge is -2.06. The van der Waals surface area contributed by atoms with Crippen LogP contribution in [-0.2, 0) is 6.61 Å². The molecule has 0 atom stereocenters. The van der Waals surface area contributed by atoms with Gasteiger partial charge in [-0.15, -0.1) is 0 Å². The molecular formula is C14H15N3O3. The zero-order valence-electron chi connectivity index (χ0n) is 11.6. The van der Waals surface area contributed by atoms with Gasteiger partial charge >= 0.3 is 0 Å². The zero-order valence-corrected chi connectivity index (χ0v) is 11.6. The second-order valence-electron chi connectivity index (χ2n) is 4.50. The van der Waals surface area contributed by atoms with Gasteiger partial charge in [0.2, 0.25) is 0 Å². The van der Waals surface area contributed by atoms with Gasteiger partial charge < -0.3 is 14.0 Å². The Kier molecular flexibility index (Phi) is 4.20. The Morgan fingerprint density at radius 2 is 2.05 bits per heavy atom. The minimum absolute atomic E-state index is 0.151. The fourth-order valence-corrected chi connectivity index (χ4v) is 1.54.